The van der Waals surface area contributed by atoms with Crippen molar-refractivity contribution in [3.8, 4) is 0 Å². The van der Waals surface area contributed by atoms with E-state index in [4.69, 9.17) is 14.6 Å². The molecule has 1 atom stereocenters. The minimum atomic E-state index is -0.581. The van der Waals surface area contributed by atoms with E-state index in [1.807, 2.05) is 0 Å². The highest BCUT2D eigenvalue weighted by atomic mass is 16.5. The summed E-state index contributed by atoms with van der Waals surface area (Å²) in [4.78, 5) is 24.1. The number of hydrogen-bond acceptors (Lipinski definition) is 5. The summed E-state index contributed by atoms with van der Waals surface area (Å²) in [6.07, 6.45) is 24.8. The molecule has 234 valence electrons. The maximum Gasteiger partial charge on any atom is 0.335 e. The number of esters is 2. The predicted octanol–water partition coefficient (Wildman–Crippen LogP) is 8.59. The largest absolute Gasteiger partial charge is 0.462 e. The number of rotatable bonds is 16. The Morgan fingerprint density at radius 1 is 0.707 bits per heavy atom. The van der Waals surface area contributed by atoms with E-state index >= 15 is 0 Å². The second kappa shape index (κ2) is 18.1. The molecular weight excluding hydrogens is 512 g/mol. The fourth-order valence-corrected chi connectivity index (χ4v) is 7.97. The lowest BCUT2D eigenvalue weighted by Crippen LogP contribution is -2.31. The van der Waals surface area contributed by atoms with Crippen LogP contribution in [0, 0.1) is 41.4 Å². The van der Waals surface area contributed by atoms with Crippen LogP contribution < -0.4 is 0 Å². The molecule has 0 radical (unpaired) electrons. The van der Waals surface area contributed by atoms with Crippen LogP contribution in [-0.4, -0.2) is 36.9 Å². The molecule has 1 N–H and O–H groups in total. The Kier molecular flexibility index (Phi) is 15.0. The smallest absolute Gasteiger partial charge is 0.335 e. The van der Waals surface area contributed by atoms with Gasteiger partial charge >= 0.3 is 11.9 Å². The summed E-state index contributed by atoms with van der Waals surface area (Å²) in [5, 5.41) is 9.16. The maximum atomic E-state index is 12.1. The molecule has 0 spiro atoms. The second-order valence-corrected chi connectivity index (χ2v) is 13.9. The van der Waals surface area contributed by atoms with Crippen molar-refractivity contribution in [3.05, 3.63) is 24.3 Å². The summed E-state index contributed by atoms with van der Waals surface area (Å²) in [6, 6.07) is 0. The fraction of sp³-hybridized carbons (Fsp3) is 0.833. The monoisotopic (exact) mass is 572 g/mol. The molecule has 5 heteroatoms. The fourth-order valence-electron chi connectivity index (χ4n) is 7.97. The molecule has 1 unspecified atom stereocenters. The van der Waals surface area contributed by atoms with E-state index in [0.29, 0.717) is 11.5 Å². The minimum Gasteiger partial charge on any atom is -0.462 e. The van der Waals surface area contributed by atoms with Crippen LogP contribution in [0.5, 0.6) is 0 Å². The van der Waals surface area contributed by atoms with Crippen molar-refractivity contribution in [1.82, 2.24) is 0 Å². The Balaban J connectivity index is 1.34. The van der Waals surface area contributed by atoms with E-state index in [2.05, 4.69) is 20.1 Å². The van der Waals surface area contributed by atoms with E-state index in [9.17, 15) is 9.59 Å². The number of aliphatic hydroxyl groups excluding tert-OH is 1. The Morgan fingerprint density at radius 2 is 1.17 bits per heavy atom. The Morgan fingerprint density at radius 3 is 1.63 bits per heavy atom. The Labute approximate surface area is 250 Å². The van der Waals surface area contributed by atoms with Crippen molar-refractivity contribution in [2.75, 3.05) is 19.8 Å². The van der Waals surface area contributed by atoms with Gasteiger partial charge in [0.2, 0.25) is 0 Å². The molecule has 0 aromatic carbocycles. The lowest BCUT2D eigenvalue weighted by Gasteiger charge is -2.38. The van der Waals surface area contributed by atoms with Gasteiger partial charge in [0.25, 0.3) is 0 Å². The predicted molar refractivity (Wildman–Crippen MR) is 166 cm³/mol. The van der Waals surface area contributed by atoms with Crippen molar-refractivity contribution < 1.29 is 24.2 Å². The topological polar surface area (TPSA) is 72.8 Å². The molecule has 0 aromatic heterocycles. The SMILES string of the molecule is C=C(C)C(=O)OCC(COC(=O)C(=C)CO)C1CCC(CCC2CCC(C3CCC(CCCCC)CC3)CC2)CC1. The van der Waals surface area contributed by atoms with Gasteiger partial charge in [-0.1, -0.05) is 97.1 Å². The summed E-state index contributed by atoms with van der Waals surface area (Å²) in [6.45, 7) is 11.2. The first-order valence-electron chi connectivity index (χ1n) is 17.1. The zero-order valence-corrected chi connectivity index (χ0v) is 26.4. The Hall–Kier alpha value is -1.62. The first-order valence-corrected chi connectivity index (χ1v) is 17.1. The van der Waals surface area contributed by atoms with Gasteiger partial charge in [0, 0.05) is 11.5 Å². The molecule has 3 fully saturated rings. The van der Waals surface area contributed by atoms with Crippen molar-refractivity contribution >= 4 is 11.9 Å². The van der Waals surface area contributed by atoms with Gasteiger partial charge in [0.05, 0.1) is 25.4 Å². The van der Waals surface area contributed by atoms with Crippen LogP contribution in [0.3, 0.4) is 0 Å². The van der Waals surface area contributed by atoms with Gasteiger partial charge in [-0.15, -0.1) is 0 Å². The van der Waals surface area contributed by atoms with E-state index in [1.165, 1.54) is 103 Å². The summed E-state index contributed by atoms with van der Waals surface area (Å²) in [5.41, 5.74) is 0.419. The molecule has 0 saturated heterocycles. The van der Waals surface area contributed by atoms with Crippen LogP contribution in [-0.2, 0) is 19.1 Å². The average Bonchev–Trinajstić information content (AvgIpc) is 3.00. The molecule has 0 amide bonds. The zero-order valence-electron chi connectivity index (χ0n) is 26.4. The molecule has 3 saturated carbocycles. The third-order valence-electron chi connectivity index (χ3n) is 10.9. The molecule has 0 bridgehead atoms. The molecule has 41 heavy (non-hydrogen) atoms. The molecule has 0 aliphatic heterocycles. The van der Waals surface area contributed by atoms with Gasteiger partial charge in [0.15, 0.2) is 0 Å². The maximum absolute atomic E-state index is 12.1. The van der Waals surface area contributed by atoms with Crippen LogP contribution in [0.15, 0.2) is 24.3 Å². The molecule has 3 aliphatic rings. The molecule has 3 rings (SSSR count). The second-order valence-electron chi connectivity index (χ2n) is 13.9. The van der Waals surface area contributed by atoms with Crippen LogP contribution in [0.25, 0.3) is 0 Å². The van der Waals surface area contributed by atoms with Crippen molar-refractivity contribution in [2.24, 2.45) is 41.4 Å². The average molecular weight is 573 g/mol. The van der Waals surface area contributed by atoms with Gasteiger partial charge in [-0.2, -0.15) is 0 Å². The van der Waals surface area contributed by atoms with Gasteiger partial charge in [-0.3, -0.25) is 0 Å². The molecule has 0 aromatic rings. The number of unbranched alkanes of at least 4 members (excludes halogenated alkanes) is 2. The number of hydrogen-bond donors (Lipinski definition) is 1. The van der Waals surface area contributed by atoms with E-state index in [0.717, 1.165) is 42.4 Å². The summed E-state index contributed by atoms with van der Waals surface area (Å²) >= 11 is 0. The lowest BCUT2D eigenvalue weighted by molar-refractivity contribution is -0.146. The summed E-state index contributed by atoms with van der Waals surface area (Å²) in [5.74, 6) is 4.06. The molecular formula is C36H60O5. The standard InChI is InChI=1S/C36H60O5/c1-5-6-7-8-28-11-17-31(18-12-28)32-19-13-29(14-20-32)9-10-30-15-21-33(22-16-30)34(24-40-35(38)26(2)3)25-41-36(39)27(4)23-37/h28-34,37H,2,4-25H2,1,3H3. The van der Waals surface area contributed by atoms with Crippen LogP contribution in [0.1, 0.15) is 129 Å². The first kappa shape index (κ1) is 33.9. The van der Waals surface area contributed by atoms with Gasteiger partial charge in [0.1, 0.15) is 0 Å². The van der Waals surface area contributed by atoms with Gasteiger partial charge in [-0.05, 0) is 81.0 Å². The molecule has 5 nitrogen and oxygen atoms in total. The van der Waals surface area contributed by atoms with E-state index in [1.54, 1.807) is 6.92 Å². The van der Waals surface area contributed by atoms with Crippen molar-refractivity contribution in [1.29, 1.82) is 0 Å². The van der Waals surface area contributed by atoms with E-state index < -0.39 is 18.5 Å². The highest BCUT2D eigenvalue weighted by Gasteiger charge is 2.33. The third-order valence-corrected chi connectivity index (χ3v) is 10.9. The van der Waals surface area contributed by atoms with E-state index in [-0.39, 0.29) is 24.7 Å². The van der Waals surface area contributed by atoms with Crippen LogP contribution in [0.2, 0.25) is 0 Å². The lowest BCUT2D eigenvalue weighted by atomic mass is 9.67. The van der Waals surface area contributed by atoms with Crippen LogP contribution in [0.4, 0.5) is 0 Å². The molecule has 3 aliphatic carbocycles. The molecule has 0 heterocycles. The number of aliphatic hydroxyl groups is 1. The van der Waals surface area contributed by atoms with Crippen LogP contribution >= 0.6 is 0 Å². The number of carbonyl (C=O) groups is 2. The van der Waals surface area contributed by atoms with Gasteiger partial charge in [-0.25, -0.2) is 9.59 Å². The first-order chi connectivity index (χ1) is 19.8. The highest BCUT2D eigenvalue weighted by Crippen LogP contribution is 2.44. The van der Waals surface area contributed by atoms with Crippen molar-refractivity contribution in [2.45, 2.75) is 129 Å². The zero-order chi connectivity index (χ0) is 29.6. The quantitative estimate of drug-likeness (QED) is 0.114. The van der Waals surface area contributed by atoms with Crippen molar-refractivity contribution in [3.63, 3.8) is 0 Å². The number of carbonyl (C=O) groups excluding carboxylic acids is 2. The number of ether oxygens (including phenoxy) is 2. The highest BCUT2D eigenvalue weighted by molar-refractivity contribution is 5.88. The Bertz CT molecular complexity index is 810. The summed E-state index contributed by atoms with van der Waals surface area (Å²) < 4.78 is 10.9. The summed E-state index contributed by atoms with van der Waals surface area (Å²) in [7, 11) is 0. The normalized spacial score (nSPS) is 29.3. The minimum absolute atomic E-state index is 0.0450. The third kappa shape index (κ3) is 11.5. The van der Waals surface area contributed by atoms with Gasteiger partial charge < -0.3 is 14.6 Å².